The summed E-state index contributed by atoms with van der Waals surface area (Å²) in [5.74, 6) is -5.00. The largest absolute Gasteiger partial charge is 0.381 e. The lowest BCUT2D eigenvalue weighted by molar-refractivity contribution is -0.106. The van der Waals surface area contributed by atoms with Gasteiger partial charge in [0.15, 0.2) is 17.5 Å². The molecule has 71 heavy (non-hydrogen) atoms. The molecule has 3 aromatic carbocycles. The van der Waals surface area contributed by atoms with Gasteiger partial charge < -0.3 is 19.1 Å². The number of halogens is 7. The molecular weight excluding hydrogens is 924 g/mol. The second kappa shape index (κ2) is 37.7. The van der Waals surface area contributed by atoms with Crippen LogP contribution in [-0.2, 0) is 19.1 Å². The van der Waals surface area contributed by atoms with Gasteiger partial charge in [-0.1, -0.05) is 59.7 Å². The molecule has 0 radical (unpaired) electrons. The fraction of sp³-hybridized carbons (Fsp3) is 0.632. The van der Waals surface area contributed by atoms with E-state index in [0.29, 0.717) is 29.3 Å². The van der Waals surface area contributed by atoms with E-state index in [1.165, 1.54) is 39.0 Å². The quantitative estimate of drug-likeness (QED) is 0.146. The highest BCUT2D eigenvalue weighted by molar-refractivity contribution is 5.44. The minimum atomic E-state index is -1.36. The van der Waals surface area contributed by atoms with Crippen LogP contribution in [0.25, 0.3) is 0 Å². The van der Waals surface area contributed by atoms with Crippen molar-refractivity contribution in [3.63, 3.8) is 0 Å². The van der Waals surface area contributed by atoms with E-state index in [1.807, 2.05) is 41.5 Å². The maximum atomic E-state index is 13.8. The number of nitrogens with zero attached hydrogens (tertiary/aromatic N) is 3. The van der Waals surface area contributed by atoms with Crippen LogP contribution in [0.2, 0.25) is 0 Å². The summed E-state index contributed by atoms with van der Waals surface area (Å²) in [5.41, 5.74) is 1.73. The second-order valence-corrected chi connectivity index (χ2v) is 18.5. The predicted molar refractivity (Wildman–Crippen MR) is 278 cm³/mol. The van der Waals surface area contributed by atoms with Gasteiger partial charge in [0.25, 0.3) is 0 Å². The van der Waals surface area contributed by atoms with E-state index in [1.54, 1.807) is 12.1 Å². The molecule has 0 aromatic heterocycles. The van der Waals surface area contributed by atoms with Crippen LogP contribution < -0.4 is 0 Å². The highest BCUT2D eigenvalue weighted by Gasteiger charge is 2.33. The van der Waals surface area contributed by atoms with Gasteiger partial charge in [-0.25, -0.2) is 30.7 Å². The van der Waals surface area contributed by atoms with Crippen LogP contribution in [0.1, 0.15) is 183 Å². The maximum absolute atomic E-state index is 13.8. The third-order valence-electron chi connectivity index (χ3n) is 12.0. The van der Waals surface area contributed by atoms with Crippen LogP contribution in [0.5, 0.6) is 0 Å². The summed E-state index contributed by atoms with van der Waals surface area (Å²) in [4.78, 5) is 33.5. The normalized spacial score (nSPS) is 19.2. The average Bonchev–Trinajstić information content (AvgIpc) is 3.84. The van der Waals surface area contributed by atoms with Crippen molar-refractivity contribution in [1.29, 1.82) is 0 Å². The van der Waals surface area contributed by atoms with E-state index < -0.39 is 40.7 Å². The van der Waals surface area contributed by atoms with E-state index >= 15 is 0 Å². The summed E-state index contributed by atoms with van der Waals surface area (Å²) in [6, 6.07) is 10.9. The number of hydrogen-bond acceptors (Lipinski definition) is 7. The molecule has 0 spiro atoms. The summed E-state index contributed by atoms with van der Waals surface area (Å²) in [6.45, 7) is 36.3. The first kappa shape index (κ1) is 69.1. The lowest BCUT2D eigenvalue weighted by atomic mass is 9.88. The lowest BCUT2D eigenvalue weighted by Gasteiger charge is -2.41. The summed E-state index contributed by atoms with van der Waals surface area (Å²) in [7, 11) is 0. The molecule has 14 heteroatoms. The van der Waals surface area contributed by atoms with Gasteiger partial charge in [-0.3, -0.25) is 14.7 Å². The first-order valence-electron chi connectivity index (χ1n) is 25.7. The molecule has 0 amide bonds. The van der Waals surface area contributed by atoms with Gasteiger partial charge in [0.05, 0.1) is 0 Å². The zero-order chi connectivity index (χ0) is 54.9. The zero-order valence-corrected chi connectivity index (χ0v) is 45.9. The predicted octanol–water partition coefficient (Wildman–Crippen LogP) is 14.7. The van der Waals surface area contributed by atoms with Crippen molar-refractivity contribution in [1.82, 2.24) is 14.7 Å². The van der Waals surface area contributed by atoms with Crippen LogP contribution in [0, 0.1) is 40.7 Å². The van der Waals surface area contributed by atoms with Crippen LogP contribution >= 0.6 is 0 Å². The van der Waals surface area contributed by atoms with E-state index in [9.17, 15) is 30.7 Å². The second-order valence-electron chi connectivity index (χ2n) is 18.5. The standard InChI is InChI=1S/C15H20F3N.C15H19F2NO.C15H21F2N.3C2H4O.3C2H6/c1-15(2,3)19-8-4-5-10(9-19)11-6-7-12(16)14(18)13(11)17;16-12-1-2-14(15(17)9-12)11-3-6-18(10-11)13-4-7-19-8-5-13;1-15(2,3)18-8-4-5-11(10-18)13-7-6-12(16)9-14(13)17;3*1-2-3;3*1-2/h6-7,10H,4-5,8-9H2,1-3H3;1-2,9,11,13H,3-8,10H2;6-7,9,11H,4-5,8,10H2,1-3H3;3*2H,1H3;3*1-2H3. The highest BCUT2D eigenvalue weighted by Crippen LogP contribution is 2.35. The van der Waals surface area contributed by atoms with Crippen molar-refractivity contribution in [3.8, 4) is 0 Å². The number of benzene rings is 3. The maximum Gasteiger partial charge on any atom is 0.194 e. The van der Waals surface area contributed by atoms with Gasteiger partial charge in [0, 0.05) is 68.0 Å². The Kier molecular flexibility index (Phi) is 36.7. The molecule has 4 aliphatic rings. The number of aldehydes is 3. The number of rotatable bonds is 4. The Labute approximate surface area is 424 Å². The molecule has 4 saturated heterocycles. The molecule has 0 N–H and O–H groups in total. The van der Waals surface area contributed by atoms with Gasteiger partial charge >= 0.3 is 0 Å². The molecule has 3 unspecified atom stereocenters. The molecule has 3 atom stereocenters. The van der Waals surface area contributed by atoms with Crippen molar-refractivity contribution in [2.24, 2.45) is 0 Å². The van der Waals surface area contributed by atoms with Gasteiger partial charge in [-0.2, -0.15) is 0 Å². The number of likely N-dealkylation sites (tertiary alicyclic amines) is 3. The molecule has 3 aromatic rings. The van der Waals surface area contributed by atoms with Gasteiger partial charge in [0.2, 0.25) is 0 Å². The molecular formula is C57H90F7N3O4. The van der Waals surface area contributed by atoms with Crippen LogP contribution in [0.4, 0.5) is 30.7 Å². The Morgan fingerprint density at radius 2 is 0.845 bits per heavy atom. The number of piperidine rings is 2. The fourth-order valence-corrected chi connectivity index (χ4v) is 8.62. The number of carbonyl (C=O) groups excluding carboxylic acids is 3. The molecule has 4 aliphatic heterocycles. The summed E-state index contributed by atoms with van der Waals surface area (Å²) < 4.78 is 99.0. The minimum Gasteiger partial charge on any atom is -0.381 e. The molecule has 0 saturated carbocycles. The molecule has 406 valence electrons. The van der Waals surface area contributed by atoms with E-state index in [0.717, 1.165) is 128 Å². The molecule has 4 fully saturated rings. The summed E-state index contributed by atoms with van der Waals surface area (Å²) in [5, 5.41) is 0. The van der Waals surface area contributed by atoms with Crippen LogP contribution in [-0.4, -0.2) is 103 Å². The zero-order valence-electron chi connectivity index (χ0n) is 45.9. The molecule has 7 rings (SSSR count). The van der Waals surface area contributed by atoms with Crippen molar-refractivity contribution >= 4 is 18.9 Å². The molecule has 0 bridgehead atoms. The smallest absolute Gasteiger partial charge is 0.194 e. The summed E-state index contributed by atoms with van der Waals surface area (Å²) >= 11 is 0. The lowest BCUT2D eigenvalue weighted by Crippen LogP contribution is -2.46. The average molecular weight is 1010 g/mol. The first-order chi connectivity index (χ1) is 33.7. The van der Waals surface area contributed by atoms with Crippen LogP contribution in [0.3, 0.4) is 0 Å². The minimum absolute atomic E-state index is 0.00766. The Morgan fingerprint density at radius 3 is 1.23 bits per heavy atom. The number of ether oxygens (including phenoxy) is 1. The van der Waals surface area contributed by atoms with Gasteiger partial charge in [-0.15, -0.1) is 0 Å². The third-order valence-corrected chi connectivity index (χ3v) is 12.0. The number of hydrogen-bond donors (Lipinski definition) is 0. The summed E-state index contributed by atoms with van der Waals surface area (Å²) in [6.07, 6.45) is 9.15. The highest BCUT2D eigenvalue weighted by atomic mass is 19.2. The Hall–Kier alpha value is -3.98. The van der Waals surface area contributed by atoms with Gasteiger partial charge in [0.1, 0.15) is 42.1 Å². The van der Waals surface area contributed by atoms with E-state index in [4.69, 9.17) is 19.1 Å². The van der Waals surface area contributed by atoms with Crippen molar-refractivity contribution in [2.75, 3.05) is 52.5 Å². The fourth-order valence-electron chi connectivity index (χ4n) is 8.62. The van der Waals surface area contributed by atoms with Crippen molar-refractivity contribution < 1.29 is 49.9 Å². The van der Waals surface area contributed by atoms with Gasteiger partial charge in [-0.05, 0) is 174 Å². The molecule has 7 nitrogen and oxygen atoms in total. The first-order valence-corrected chi connectivity index (χ1v) is 25.7. The van der Waals surface area contributed by atoms with Crippen molar-refractivity contribution in [3.05, 3.63) is 106 Å². The topological polar surface area (TPSA) is 70.2 Å². The molecule has 4 heterocycles. The van der Waals surface area contributed by atoms with E-state index in [2.05, 4.69) is 56.2 Å². The molecule has 0 aliphatic carbocycles. The third kappa shape index (κ3) is 25.0. The van der Waals surface area contributed by atoms with Crippen molar-refractivity contribution in [2.45, 2.75) is 184 Å². The Morgan fingerprint density at radius 1 is 0.479 bits per heavy atom. The number of carbonyl (C=O) groups is 3. The van der Waals surface area contributed by atoms with E-state index in [-0.39, 0.29) is 28.8 Å². The Bertz CT molecular complexity index is 1890. The van der Waals surface area contributed by atoms with Crippen LogP contribution in [0.15, 0.2) is 48.5 Å². The Balaban J connectivity index is 0. The SMILES string of the molecule is CC.CC.CC.CC(C)(C)N1CCCC(c2ccc(F)c(F)c2F)C1.CC(C)(C)N1CCCC(c2ccc(F)cc2F)C1.CC=O.CC=O.CC=O.Fc1ccc(C2CCN(C3CCOCC3)C2)c(F)c1. The monoisotopic (exact) mass is 1010 g/mol.